The minimum Gasteiger partial charge on any atom is -0.369 e. The molecular formula is C16H14N4. The second-order valence-corrected chi connectivity index (χ2v) is 4.57. The number of hydrogen-bond acceptors (Lipinski definition) is 3. The van der Waals surface area contributed by atoms with Gasteiger partial charge in [0, 0.05) is 0 Å². The van der Waals surface area contributed by atoms with Crippen LogP contribution in [0.25, 0.3) is 16.7 Å². The van der Waals surface area contributed by atoms with Gasteiger partial charge >= 0.3 is 0 Å². The Bertz CT molecular complexity index is 824. The normalized spacial score (nSPS) is 10.6. The number of benzene rings is 2. The number of imidazole rings is 1. The van der Waals surface area contributed by atoms with Gasteiger partial charge in [0.05, 0.1) is 16.8 Å². The van der Waals surface area contributed by atoms with Crippen LogP contribution in [0.4, 0.5) is 5.95 Å². The van der Waals surface area contributed by atoms with Gasteiger partial charge in [0.2, 0.25) is 5.95 Å². The van der Waals surface area contributed by atoms with E-state index in [0.717, 1.165) is 17.6 Å². The Morgan fingerprint density at radius 3 is 2.75 bits per heavy atom. The third-order valence-electron chi connectivity index (χ3n) is 3.44. The van der Waals surface area contributed by atoms with Gasteiger partial charge in [0.25, 0.3) is 0 Å². The molecule has 0 fully saturated rings. The lowest BCUT2D eigenvalue weighted by Gasteiger charge is -2.11. The molecular weight excluding hydrogens is 248 g/mol. The van der Waals surface area contributed by atoms with Crippen molar-refractivity contribution in [2.45, 2.75) is 13.3 Å². The number of anilines is 1. The SMILES string of the molecule is CCc1ccccc1-n1c(N)nc2c(C#N)cccc21. The van der Waals surface area contributed by atoms with Crippen molar-refractivity contribution in [2.75, 3.05) is 5.73 Å². The first-order chi connectivity index (χ1) is 9.76. The molecule has 4 heteroatoms. The van der Waals surface area contributed by atoms with E-state index < -0.39 is 0 Å². The number of rotatable bonds is 2. The maximum Gasteiger partial charge on any atom is 0.205 e. The lowest BCUT2D eigenvalue weighted by atomic mass is 10.1. The zero-order valence-electron chi connectivity index (χ0n) is 11.2. The minimum atomic E-state index is 0.406. The molecule has 1 aromatic heterocycles. The largest absolute Gasteiger partial charge is 0.369 e. The molecule has 98 valence electrons. The topological polar surface area (TPSA) is 67.6 Å². The van der Waals surface area contributed by atoms with Crippen LogP contribution >= 0.6 is 0 Å². The van der Waals surface area contributed by atoms with E-state index in [9.17, 15) is 0 Å². The standard InChI is InChI=1S/C16H14N4/c1-2-11-6-3-4-8-13(11)20-14-9-5-7-12(10-17)15(14)19-16(20)18/h3-9H,2H2,1H3,(H2,18,19). The molecule has 3 rings (SSSR count). The predicted molar refractivity (Wildman–Crippen MR) is 79.6 cm³/mol. The van der Waals surface area contributed by atoms with Crippen LogP contribution < -0.4 is 5.73 Å². The zero-order valence-corrected chi connectivity index (χ0v) is 11.2. The molecule has 0 atom stereocenters. The number of nitrogens with two attached hydrogens (primary N) is 1. The van der Waals surface area contributed by atoms with Crippen molar-refractivity contribution in [1.82, 2.24) is 9.55 Å². The molecule has 1 heterocycles. The van der Waals surface area contributed by atoms with Crippen LogP contribution in [0.3, 0.4) is 0 Å². The van der Waals surface area contributed by atoms with Gasteiger partial charge in [-0.2, -0.15) is 5.26 Å². The van der Waals surface area contributed by atoms with Crippen LogP contribution in [0, 0.1) is 11.3 Å². The summed E-state index contributed by atoms with van der Waals surface area (Å²) in [6, 6.07) is 15.8. The maximum atomic E-state index is 9.17. The summed E-state index contributed by atoms with van der Waals surface area (Å²) in [6.45, 7) is 2.11. The molecule has 0 radical (unpaired) electrons. The first kappa shape index (κ1) is 12.2. The number of aromatic nitrogens is 2. The number of para-hydroxylation sites is 2. The van der Waals surface area contributed by atoms with E-state index in [0.29, 0.717) is 17.0 Å². The van der Waals surface area contributed by atoms with Gasteiger partial charge in [-0.1, -0.05) is 31.2 Å². The van der Waals surface area contributed by atoms with Gasteiger partial charge in [0.1, 0.15) is 11.6 Å². The number of nitrogen functional groups attached to an aromatic ring is 1. The number of nitrogens with zero attached hydrogens (tertiary/aromatic N) is 3. The van der Waals surface area contributed by atoms with E-state index in [-0.39, 0.29) is 0 Å². The Balaban J connectivity index is 2.38. The third-order valence-corrected chi connectivity index (χ3v) is 3.44. The van der Waals surface area contributed by atoms with E-state index in [1.54, 1.807) is 6.07 Å². The van der Waals surface area contributed by atoms with Crippen molar-refractivity contribution in [2.24, 2.45) is 0 Å². The van der Waals surface area contributed by atoms with E-state index in [1.165, 1.54) is 5.56 Å². The van der Waals surface area contributed by atoms with Crippen LogP contribution in [0.15, 0.2) is 42.5 Å². The molecule has 0 aliphatic carbocycles. The molecule has 0 amide bonds. The summed E-state index contributed by atoms with van der Waals surface area (Å²) in [4.78, 5) is 4.35. The van der Waals surface area contributed by atoms with Crippen molar-refractivity contribution in [1.29, 1.82) is 5.26 Å². The average Bonchev–Trinajstić information content (AvgIpc) is 2.82. The van der Waals surface area contributed by atoms with Gasteiger partial charge in [-0.05, 0) is 30.2 Å². The van der Waals surface area contributed by atoms with E-state index in [4.69, 9.17) is 11.0 Å². The number of hydrogen-bond donors (Lipinski definition) is 1. The van der Waals surface area contributed by atoms with Crippen LogP contribution in [-0.2, 0) is 6.42 Å². The Morgan fingerprint density at radius 2 is 2.00 bits per heavy atom. The third kappa shape index (κ3) is 1.72. The van der Waals surface area contributed by atoms with E-state index in [1.807, 2.05) is 34.9 Å². The molecule has 2 aromatic carbocycles. The van der Waals surface area contributed by atoms with Crippen molar-refractivity contribution >= 4 is 17.0 Å². The molecule has 0 spiro atoms. The lowest BCUT2D eigenvalue weighted by molar-refractivity contribution is 1.04. The fourth-order valence-corrected chi connectivity index (χ4v) is 2.49. The van der Waals surface area contributed by atoms with E-state index in [2.05, 4.69) is 24.0 Å². The Morgan fingerprint density at radius 1 is 1.20 bits per heavy atom. The van der Waals surface area contributed by atoms with Crippen LogP contribution in [-0.4, -0.2) is 9.55 Å². The molecule has 0 saturated heterocycles. The Labute approximate surface area is 117 Å². The number of nitriles is 1. The number of aryl methyl sites for hydroxylation is 1. The minimum absolute atomic E-state index is 0.406. The summed E-state index contributed by atoms with van der Waals surface area (Å²) in [5, 5.41) is 9.17. The second-order valence-electron chi connectivity index (χ2n) is 4.57. The lowest BCUT2D eigenvalue weighted by Crippen LogP contribution is -2.03. The smallest absolute Gasteiger partial charge is 0.205 e. The first-order valence-electron chi connectivity index (χ1n) is 6.51. The van der Waals surface area contributed by atoms with Gasteiger partial charge < -0.3 is 5.73 Å². The quantitative estimate of drug-likeness (QED) is 0.771. The van der Waals surface area contributed by atoms with Gasteiger partial charge in [-0.3, -0.25) is 4.57 Å². The summed E-state index contributed by atoms with van der Waals surface area (Å²) >= 11 is 0. The highest BCUT2D eigenvalue weighted by Crippen LogP contribution is 2.27. The van der Waals surface area contributed by atoms with Crippen molar-refractivity contribution in [3.05, 3.63) is 53.6 Å². The van der Waals surface area contributed by atoms with Crippen LogP contribution in [0.5, 0.6) is 0 Å². The monoisotopic (exact) mass is 262 g/mol. The molecule has 0 bridgehead atoms. The highest BCUT2D eigenvalue weighted by molar-refractivity contribution is 5.86. The van der Waals surface area contributed by atoms with Crippen molar-refractivity contribution in [3.8, 4) is 11.8 Å². The molecule has 0 saturated carbocycles. The molecule has 0 unspecified atom stereocenters. The highest BCUT2D eigenvalue weighted by atomic mass is 15.2. The fraction of sp³-hybridized carbons (Fsp3) is 0.125. The summed E-state index contributed by atoms with van der Waals surface area (Å²) in [7, 11) is 0. The molecule has 2 N–H and O–H groups in total. The highest BCUT2D eigenvalue weighted by Gasteiger charge is 2.14. The Hall–Kier alpha value is -2.80. The van der Waals surface area contributed by atoms with Crippen LogP contribution in [0.1, 0.15) is 18.1 Å². The van der Waals surface area contributed by atoms with Crippen LogP contribution in [0.2, 0.25) is 0 Å². The summed E-state index contributed by atoms with van der Waals surface area (Å²) in [5.41, 5.74) is 10.3. The summed E-state index contributed by atoms with van der Waals surface area (Å²) < 4.78 is 1.91. The Kier molecular flexibility index (Phi) is 2.88. The van der Waals surface area contributed by atoms with Gasteiger partial charge in [-0.15, -0.1) is 0 Å². The van der Waals surface area contributed by atoms with Gasteiger partial charge in [0.15, 0.2) is 0 Å². The first-order valence-corrected chi connectivity index (χ1v) is 6.51. The fourth-order valence-electron chi connectivity index (χ4n) is 2.49. The molecule has 0 aliphatic rings. The second kappa shape index (κ2) is 4.71. The maximum absolute atomic E-state index is 9.17. The summed E-state index contributed by atoms with van der Waals surface area (Å²) in [5.74, 6) is 0.406. The number of fused-ring (bicyclic) bond motifs is 1. The van der Waals surface area contributed by atoms with Crippen molar-refractivity contribution in [3.63, 3.8) is 0 Å². The van der Waals surface area contributed by atoms with E-state index >= 15 is 0 Å². The zero-order chi connectivity index (χ0) is 14.1. The average molecular weight is 262 g/mol. The molecule has 0 aliphatic heterocycles. The molecule has 3 aromatic rings. The molecule has 4 nitrogen and oxygen atoms in total. The summed E-state index contributed by atoms with van der Waals surface area (Å²) in [6.07, 6.45) is 0.910. The predicted octanol–water partition coefficient (Wildman–Crippen LogP) is 3.04. The van der Waals surface area contributed by atoms with Gasteiger partial charge in [-0.25, -0.2) is 4.98 Å². The molecule has 20 heavy (non-hydrogen) atoms. The van der Waals surface area contributed by atoms with Crippen molar-refractivity contribution < 1.29 is 0 Å².